The summed E-state index contributed by atoms with van der Waals surface area (Å²) in [7, 11) is -4.66. The largest absolute Gasteiger partial charge is 0.384 e. The van der Waals surface area contributed by atoms with Gasteiger partial charge in [-0.25, -0.2) is 0 Å². The molecular formula is C10H12FNO3S. The second-order valence-corrected chi connectivity index (χ2v) is 5.27. The van der Waals surface area contributed by atoms with Crippen LogP contribution in [0.15, 0.2) is 29.2 Å². The molecule has 1 aliphatic heterocycles. The van der Waals surface area contributed by atoms with Crippen molar-refractivity contribution in [3.63, 3.8) is 0 Å². The highest BCUT2D eigenvalue weighted by atomic mass is 32.3. The van der Waals surface area contributed by atoms with Gasteiger partial charge < -0.3 is 10.4 Å². The number of hydrogen-bond acceptors (Lipinski definition) is 4. The minimum absolute atomic E-state index is 0.384. The number of benzene rings is 1. The van der Waals surface area contributed by atoms with Gasteiger partial charge in [-0.3, -0.25) is 0 Å². The highest BCUT2D eigenvalue weighted by Gasteiger charge is 2.32. The van der Waals surface area contributed by atoms with E-state index < -0.39 is 15.8 Å². The van der Waals surface area contributed by atoms with E-state index in [2.05, 4.69) is 5.32 Å². The average molecular weight is 245 g/mol. The highest BCUT2D eigenvalue weighted by Crippen LogP contribution is 2.28. The van der Waals surface area contributed by atoms with E-state index in [1.165, 1.54) is 24.3 Å². The van der Waals surface area contributed by atoms with Crippen molar-refractivity contribution in [1.82, 2.24) is 5.32 Å². The minimum Gasteiger partial charge on any atom is -0.384 e. The van der Waals surface area contributed by atoms with Gasteiger partial charge in [-0.2, -0.15) is 8.42 Å². The molecule has 0 spiro atoms. The fourth-order valence-electron chi connectivity index (χ4n) is 1.85. The molecule has 1 saturated heterocycles. The van der Waals surface area contributed by atoms with Crippen molar-refractivity contribution in [2.24, 2.45) is 0 Å². The van der Waals surface area contributed by atoms with Crippen molar-refractivity contribution in [3.05, 3.63) is 29.8 Å². The van der Waals surface area contributed by atoms with E-state index in [9.17, 15) is 17.4 Å². The van der Waals surface area contributed by atoms with Crippen molar-refractivity contribution in [1.29, 1.82) is 0 Å². The molecule has 2 rings (SSSR count). The van der Waals surface area contributed by atoms with Crippen LogP contribution in [0.5, 0.6) is 0 Å². The molecule has 0 radical (unpaired) electrons. The third kappa shape index (κ3) is 2.09. The smallest absolute Gasteiger partial charge is 0.332 e. The van der Waals surface area contributed by atoms with Crippen molar-refractivity contribution in [3.8, 4) is 0 Å². The van der Waals surface area contributed by atoms with Crippen LogP contribution in [-0.2, 0) is 15.8 Å². The normalized spacial score (nSPS) is 25.9. The van der Waals surface area contributed by atoms with E-state index in [1.807, 2.05) is 0 Å². The molecule has 1 atom stereocenters. The molecule has 2 N–H and O–H groups in total. The van der Waals surface area contributed by atoms with Gasteiger partial charge in [0, 0.05) is 6.54 Å². The molecule has 0 saturated carbocycles. The number of halogens is 1. The first-order valence-electron chi connectivity index (χ1n) is 4.90. The van der Waals surface area contributed by atoms with Crippen molar-refractivity contribution < 1.29 is 17.4 Å². The van der Waals surface area contributed by atoms with Gasteiger partial charge in [0.1, 0.15) is 5.60 Å². The maximum atomic E-state index is 12.6. The molecule has 1 heterocycles. The molecule has 0 aromatic heterocycles. The number of rotatable bonds is 2. The fourth-order valence-corrected chi connectivity index (χ4v) is 2.31. The van der Waals surface area contributed by atoms with Crippen LogP contribution in [0.3, 0.4) is 0 Å². The van der Waals surface area contributed by atoms with Crippen LogP contribution in [0.1, 0.15) is 12.0 Å². The average Bonchev–Trinajstić information content (AvgIpc) is 2.66. The zero-order valence-electron chi connectivity index (χ0n) is 8.48. The van der Waals surface area contributed by atoms with Gasteiger partial charge in [0.25, 0.3) is 0 Å². The van der Waals surface area contributed by atoms with Gasteiger partial charge in [-0.05, 0) is 30.7 Å². The summed E-state index contributed by atoms with van der Waals surface area (Å²) in [5.74, 6) is 0. The molecule has 1 aromatic rings. The molecule has 1 unspecified atom stereocenters. The summed E-state index contributed by atoms with van der Waals surface area (Å²) in [5, 5.41) is 13.2. The third-order valence-corrected chi connectivity index (χ3v) is 3.64. The van der Waals surface area contributed by atoms with E-state index in [4.69, 9.17) is 0 Å². The molecule has 1 aromatic carbocycles. The van der Waals surface area contributed by atoms with Crippen molar-refractivity contribution in [2.75, 3.05) is 13.1 Å². The lowest BCUT2D eigenvalue weighted by Gasteiger charge is -2.21. The lowest BCUT2D eigenvalue weighted by molar-refractivity contribution is 0.0587. The first kappa shape index (κ1) is 11.5. The molecule has 16 heavy (non-hydrogen) atoms. The Kier molecular flexibility index (Phi) is 2.73. The van der Waals surface area contributed by atoms with Crippen LogP contribution >= 0.6 is 0 Å². The highest BCUT2D eigenvalue weighted by molar-refractivity contribution is 7.86. The van der Waals surface area contributed by atoms with Crippen LogP contribution in [0.4, 0.5) is 3.89 Å². The molecular weight excluding hydrogens is 233 g/mol. The lowest BCUT2D eigenvalue weighted by atomic mass is 9.93. The van der Waals surface area contributed by atoms with Crippen molar-refractivity contribution in [2.45, 2.75) is 16.9 Å². The SMILES string of the molecule is O=S(=O)(F)c1ccc(C2(O)CCNC2)cc1. The summed E-state index contributed by atoms with van der Waals surface area (Å²) in [6.45, 7) is 1.13. The quantitative estimate of drug-likeness (QED) is 0.746. The number of nitrogens with one attached hydrogen (secondary N) is 1. The molecule has 1 fully saturated rings. The predicted octanol–water partition coefficient (Wildman–Crippen LogP) is 0.526. The Morgan fingerprint density at radius 1 is 1.31 bits per heavy atom. The zero-order chi connectivity index (χ0) is 11.8. The van der Waals surface area contributed by atoms with Gasteiger partial charge >= 0.3 is 10.2 Å². The van der Waals surface area contributed by atoms with E-state index in [0.717, 1.165) is 0 Å². The monoisotopic (exact) mass is 245 g/mol. The Bertz CT molecular complexity index is 477. The van der Waals surface area contributed by atoms with Gasteiger partial charge in [-0.1, -0.05) is 12.1 Å². The summed E-state index contributed by atoms with van der Waals surface area (Å²) in [6, 6.07) is 5.22. The number of β-amino-alcohol motifs (C(OH)–C–C–N with tert-alkyl or cyclic N) is 1. The Labute approximate surface area is 93.3 Å². The zero-order valence-corrected chi connectivity index (χ0v) is 9.30. The first-order valence-corrected chi connectivity index (χ1v) is 6.28. The Morgan fingerprint density at radius 3 is 2.38 bits per heavy atom. The van der Waals surface area contributed by atoms with E-state index in [-0.39, 0.29) is 4.90 Å². The first-order chi connectivity index (χ1) is 7.42. The second kappa shape index (κ2) is 3.80. The maximum Gasteiger partial charge on any atom is 0.332 e. The van der Waals surface area contributed by atoms with Crippen LogP contribution in [0, 0.1) is 0 Å². The van der Waals surface area contributed by atoms with Gasteiger partial charge in [-0.15, -0.1) is 3.89 Å². The van der Waals surface area contributed by atoms with Crippen LogP contribution in [0.2, 0.25) is 0 Å². The van der Waals surface area contributed by atoms with Crippen LogP contribution in [-0.4, -0.2) is 26.6 Å². The molecule has 1 aliphatic rings. The lowest BCUT2D eigenvalue weighted by Crippen LogP contribution is -2.28. The topological polar surface area (TPSA) is 66.4 Å². The molecule has 6 heteroatoms. The van der Waals surface area contributed by atoms with Gasteiger partial charge in [0.15, 0.2) is 0 Å². The Hall–Kier alpha value is -0.980. The van der Waals surface area contributed by atoms with Gasteiger partial charge in [0.2, 0.25) is 0 Å². The third-order valence-electron chi connectivity index (χ3n) is 2.81. The van der Waals surface area contributed by atoms with Crippen molar-refractivity contribution >= 4 is 10.2 Å². The van der Waals surface area contributed by atoms with E-state index >= 15 is 0 Å². The summed E-state index contributed by atoms with van der Waals surface area (Å²) in [5.41, 5.74) is -0.372. The molecule has 0 amide bonds. The van der Waals surface area contributed by atoms with Crippen LogP contribution < -0.4 is 5.32 Å². The summed E-state index contributed by atoms with van der Waals surface area (Å²) in [4.78, 5) is -0.384. The number of aliphatic hydroxyl groups is 1. The number of hydrogen-bond donors (Lipinski definition) is 2. The van der Waals surface area contributed by atoms with E-state index in [0.29, 0.717) is 25.1 Å². The molecule has 4 nitrogen and oxygen atoms in total. The minimum atomic E-state index is -4.66. The molecule has 88 valence electrons. The van der Waals surface area contributed by atoms with Gasteiger partial charge in [0.05, 0.1) is 4.90 Å². The summed E-state index contributed by atoms with van der Waals surface area (Å²) in [6.07, 6.45) is 0.564. The summed E-state index contributed by atoms with van der Waals surface area (Å²) < 4.78 is 33.8. The summed E-state index contributed by atoms with van der Waals surface area (Å²) >= 11 is 0. The predicted molar refractivity (Wildman–Crippen MR) is 56.1 cm³/mol. The standard InChI is InChI=1S/C10H12FNO3S/c11-16(14,15)9-3-1-8(2-4-9)10(13)5-6-12-7-10/h1-4,12-13H,5-7H2. The Balaban J connectivity index is 2.33. The van der Waals surface area contributed by atoms with E-state index in [1.54, 1.807) is 0 Å². The maximum absolute atomic E-state index is 12.6. The molecule has 0 aliphatic carbocycles. The molecule has 0 bridgehead atoms. The van der Waals surface area contributed by atoms with Crippen LogP contribution in [0.25, 0.3) is 0 Å². The Morgan fingerprint density at radius 2 is 1.94 bits per heavy atom. The second-order valence-electron chi connectivity index (χ2n) is 3.92. The fraction of sp³-hybridized carbons (Fsp3) is 0.400.